The van der Waals surface area contributed by atoms with Gasteiger partial charge in [-0.15, -0.1) is 0 Å². The Kier molecular flexibility index (Phi) is 6.55. The quantitative estimate of drug-likeness (QED) is 0.205. The number of benzene rings is 3. The van der Waals surface area contributed by atoms with Crippen molar-refractivity contribution in [2.24, 2.45) is 0 Å². The zero-order valence-electron chi connectivity index (χ0n) is 18.7. The van der Waals surface area contributed by atoms with E-state index in [1.54, 1.807) is 30.3 Å². The Morgan fingerprint density at radius 2 is 1.35 bits per heavy atom. The molecule has 1 aromatic heterocycles. The number of H-pyrrole nitrogens is 1. The Balaban J connectivity index is 1.49. The molecule has 4 aromatic rings. The summed E-state index contributed by atoms with van der Waals surface area (Å²) in [7, 11) is 1.24. The van der Waals surface area contributed by atoms with Crippen LogP contribution >= 0.6 is 0 Å². The smallest absolute Gasteiger partial charge is 0.416 e. The fourth-order valence-electron chi connectivity index (χ4n) is 3.52. The molecule has 0 radical (unpaired) electrons. The first-order valence-electron chi connectivity index (χ1n) is 10.4. The van der Waals surface area contributed by atoms with E-state index in [1.165, 1.54) is 19.2 Å². The Morgan fingerprint density at radius 3 is 1.92 bits per heavy atom. The number of aromatic amines is 1. The van der Waals surface area contributed by atoms with Crippen LogP contribution in [0.5, 0.6) is 0 Å². The number of carbonyl (C=O) groups is 2. The molecular weight excluding hydrogens is 506 g/mol. The van der Waals surface area contributed by atoms with E-state index < -0.39 is 41.2 Å². The highest BCUT2D eigenvalue weighted by molar-refractivity contribution is 6.03. The van der Waals surface area contributed by atoms with E-state index >= 15 is 0 Å². The lowest BCUT2D eigenvalue weighted by molar-refractivity contribution is -0.143. The third kappa shape index (κ3) is 5.66. The van der Waals surface area contributed by atoms with E-state index in [1.807, 2.05) is 5.32 Å². The third-order valence-electron chi connectivity index (χ3n) is 5.26. The van der Waals surface area contributed by atoms with Gasteiger partial charge in [0.05, 0.1) is 23.8 Å². The van der Waals surface area contributed by atoms with Crippen LogP contribution in [0, 0.1) is 0 Å². The number of esters is 1. The largest absolute Gasteiger partial charge is 0.464 e. The lowest BCUT2D eigenvalue weighted by Gasteiger charge is -2.15. The summed E-state index contributed by atoms with van der Waals surface area (Å²) in [6.45, 7) is 0. The maximum Gasteiger partial charge on any atom is 0.416 e. The highest BCUT2D eigenvalue weighted by Gasteiger charge is 2.37. The van der Waals surface area contributed by atoms with Crippen LogP contribution in [0.4, 0.5) is 42.5 Å². The standard InChI is InChI=1S/C24H16F6N4O3/c1-37-21(35)20-18-7-4-13(8-19(18)33-34-20)12-2-5-16(6-3-12)31-22(36)32-17-10-14(23(25,26)27)9-15(11-17)24(28,29)30/h2-11H,1H3,(H,33,34)(H2,31,32,36). The van der Waals surface area contributed by atoms with E-state index in [9.17, 15) is 35.9 Å². The number of halogens is 6. The molecule has 0 bridgehead atoms. The monoisotopic (exact) mass is 522 g/mol. The second kappa shape index (κ2) is 9.48. The predicted octanol–water partition coefficient (Wildman–Crippen LogP) is 6.70. The maximum atomic E-state index is 13.0. The van der Waals surface area contributed by atoms with Gasteiger partial charge >= 0.3 is 24.4 Å². The van der Waals surface area contributed by atoms with Crippen molar-refractivity contribution >= 4 is 34.3 Å². The number of aromatic nitrogens is 2. The van der Waals surface area contributed by atoms with Crippen LogP contribution in [-0.4, -0.2) is 29.3 Å². The number of nitrogens with zero attached hydrogens (tertiary/aromatic N) is 1. The molecule has 0 atom stereocenters. The first kappa shape index (κ1) is 25.5. The van der Waals surface area contributed by atoms with Crippen LogP contribution in [0.25, 0.3) is 22.0 Å². The average Bonchev–Trinajstić information content (AvgIpc) is 3.26. The van der Waals surface area contributed by atoms with Crippen LogP contribution in [0.3, 0.4) is 0 Å². The molecule has 13 heteroatoms. The first-order valence-corrected chi connectivity index (χ1v) is 10.4. The van der Waals surface area contributed by atoms with Crippen molar-refractivity contribution in [2.45, 2.75) is 12.4 Å². The lowest BCUT2D eigenvalue weighted by atomic mass is 10.0. The van der Waals surface area contributed by atoms with Gasteiger partial charge in [-0.05, 0) is 53.6 Å². The summed E-state index contributed by atoms with van der Waals surface area (Å²) in [5.41, 5.74) is -1.35. The minimum absolute atomic E-state index is 0.0291. The molecule has 0 saturated heterocycles. The molecule has 4 rings (SSSR count). The third-order valence-corrected chi connectivity index (χ3v) is 5.26. The van der Waals surface area contributed by atoms with Crippen LogP contribution < -0.4 is 10.6 Å². The number of alkyl halides is 6. The van der Waals surface area contributed by atoms with E-state index in [0.29, 0.717) is 23.0 Å². The minimum Gasteiger partial charge on any atom is -0.464 e. The number of hydrogen-bond donors (Lipinski definition) is 3. The van der Waals surface area contributed by atoms with E-state index in [0.717, 1.165) is 11.1 Å². The molecule has 0 aliphatic rings. The fraction of sp³-hybridized carbons (Fsp3) is 0.125. The molecule has 7 nitrogen and oxygen atoms in total. The zero-order valence-corrected chi connectivity index (χ0v) is 18.7. The number of urea groups is 1. The highest BCUT2D eigenvalue weighted by atomic mass is 19.4. The van der Waals surface area contributed by atoms with Gasteiger partial charge in [0.25, 0.3) is 0 Å². The van der Waals surface area contributed by atoms with Gasteiger partial charge in [0.1, 0.15) is 0 Å². The van der Waals surface area contributed by atoms with Crippen molar-refractivity contribution in [3.63, 3.8) is 0 Å². The first-order chi connectivity index (χ1) is 17.3. The number of anilines is 2. The average molecular weight is 522 g/mol. The summed E-state index contributed by atoms with van der Waals surface area (Å²) in [5, 5.41) is 11.6. The Bertz CT molecular complexity index is 1440. The van der Waals surface area contributed by atoms with Gasteiger partial charge in [-0.1, -0.05) is 18.2 Å². The van der Waals surface area contributed by atoms with Crippen molar-refractivity contribution in [1.82, 2.24) is 10.2 Å². The second-order valence-electron chi connectivity index (χ2n) is 7.78. The summed E-state index contributed by atoms with van der Waals surface area (Å²) in [6.07, 6.45) is -10.1. The highest BCUT2D eigenvalue weighted by Crippen LogP contribution is 2.37. The van der Waals surface area contributed by atoms with Gasteiger partial charge in [-0.2, -0.15) is 31.4 Å². The van der Waals surface area contributed by atoms with E-state index in [4.69, 9.17) is 0 Å². The fourth-order valence-corrected chi connectivity index (χ4v) is 3.52. The van der Waals surface area contributed by atoms with Crippen molar-refractivity contribution in [3.05, 3.63) is 77.5 Å². The number of carbonyl (C=O) groups excluding carboxylic acids is 2. The molecule has 3 N–H and O–H groups in total. The molecule has 1 heterocycles. The molecule has 0 saturated carbocycles. The molecule has 0 unspecified atom stereocenters. The predicted molar refractivity (Wildman–Crippen MR) is 122 cm³/mol. The number of hydrogen-bond acceptors (Lipinski definition) is 4. The summed E-state index contributed by atoms with van der Waals surface area (Å²) in [5.74, 6) is -0.590. The molecule has 3 aromatic carbocycles. The van der Waals surface area contributed by atoms with Crippen LogP contribution in [0.1, 0.15) is 21.6 Å². The van der Waals surface area contributed by atoms with Crippen molar-refractivity contribution < 1.29 is 40.7 Å². The SMILES string of the molecule is COC(=O)c1n[nH]c2cc(-c3ccc(NC(=O)Nc4cc(C(F)(F)F)cc(C(F)(F)F)c4)cc3)ccc12. The minimum atomic E-state index is -5.04. The topological polar surface area (TPSA) is 96.1 Å². The molecule has 0 fully saturated rings. The van der Waals surface area contributed by atoms with Gasteiger partial charge in [-0.3, -0.25) is 5.10 Å². The summed E-state index contributed by atoms with van der Waals surface area (Å²) < 4.78 is 82.8. The van der Waals surface area contributed by atoms with Gasteiger partial charge in [0.2, 0.25) is 0 Å². The Morgan fingerprint density at radius 1 is 0.784 bits per heavy atom. The van der Waals surface area contributed by atoms with E-state index in [-0.39, 0.29) is 17.4 Å². The van der Waals surface area contributed by atoms with Gasteiger partial charge < -0.3 is 15.4 Å². The van der Waals surface area contributed by atoms with Crippen molar-refractivity contribution in [2.75, 3.05) is 17.7 Å². The Labute approximate surface area is 204 Å². The van der Waals surface area contributed by atoms with Gasteiger partial charge in [0.15, 0.2) is 5.69 Å². The zero-order chi connectivity index (χ0) is 27.0. The molecule has 0 aliphatic carbocycles. The summed E-state index contributed by atoms with van der Waals surface area (Å²) in [6, 6.07) is 11.2. The molecule has 37 heavy (non-hydrogen) atoms. The number of ether oxygens (including phenoxy) is 1. The molecule has 2 amide bonds. The van der Waals surface area contributed by atoms with E-state index in [2.05, 4.69) is 20.3 Å². The summed E-state index contributed by atoms with van der Waals surface area (Å²) in [4.78, 5) is 24.0. The number of amides is 2. The molecule has 192 valence electrons. The van der Waals surface area contributed by atoms with Crippen molar-refractivity contribution in [1.29, 1.82) is 0 Å². The normalized spacial score (nSPS) is 11.9. The Hall–Kier alpha value is -4.55. The summed E-state index contributed by atoms with van der Waals surface area (Å²) >= 11 is 0. The van der Waals surface area contributed by atoms with Crippen LogP contribution in [0.2, 0.25) is 0 Å². The molecule has 0 spiro atoms. The second-order valence-corrected chi connectivity index (χ2v) is 7.78. The number of fused-ring (bicyclic) bond motifs is 1. The number of nitrogens with one attached hydrogen (secondary N) is 3. The maximum absolute atomic E-state index is 13.0. The van der Waals surface area contributed by atoms with Crippen LogP contribution in [0.15, 0.2) is 60.7 Å². The van der Waals surface area contributed by atoms with Crippen molar-refractivity contribution in [3.8, 4) is 11.1 Å². The molecular formula is C24H16F6N4O3. The van der Waals surface area contributed by atoms with Gasteiger partial charge in [0, 0.05) is 16.8 Å². The number of rotatable bonds is 4. The number of methoxy groups -OCH3 is 1. The van der Waals surface area contributed by atoms with Gasteiger partial charge in [-0.25, -0.2) is 9.59 Å². The lowest BCUT2D eigenvalue weighted by Crippen LogP contribution is -2.20. The molecule has 0 aliphatic heterocycles. The van der Waals surface area contributed by atoms with Crippen LogP contribution in [-0.2, 0) is 17.1 Å².